The van der Waals surface area contributed by atoms with Gasteiger partial charge in [0.1, 0.15) is 17.7 Å². The molecule has 2 bridgehead atoms. The van der Waals surface area contributed by atoms with Crippen LogP contribution in [0, 0.1) is 24.7 Å². The SMILES string of the molecule is C=CCCC(=O)N(C)[C@H](C)[C@H](OC(=O)[C@H]1[C@@H]2O[C@@]3(CC2Br)[C@@H]1C(=O)N([C@@H](CO)C(C)C)[C@@H]3C(=O)N(CC=C)c1c(C)cccc1Cl)c1ccccc1. The minimum Gasteiger partial charge on any atom is -0.455 e. The highest BCUT2D eigenvalue weighted by atomic mass is 79.9. The number of fused-ring (bicyclic) bond motifs is 1. The largest absolute Gasteiger partial charge is 0.455 e. The van der Waals surface area contributed by atoms with Crippen LogP contribution in [0.5, 0.6) is 0 Å². The fraction of sp³-hybridized carbons (Fsp3) is 0.500. The van der Waals surface area contributed by atoms with E-state index in [-0.39, 0.29) is 36.0 Å². The maximum absolute atomic E-state index is 15.1. The Bertz CT molecular complexity index is 1670. The molecule has 52 heavy (non-hydrogen) atoms. The molecule has 12 heteroatoms. The summed E-state index contributed by atoms with van der Waals surface area (Å²) in [5, 5.41) is 11.1. The summed E-state index contributed by atoms with van der Waals surface area (Å²) in [6, 6.07) is 12.0. The third kappa shape index (κ3) is 6.97. The number of likely N-dealkylation sites (N-methyl/N-ethyl adjacent to an activating group) is 1. The van der Waals surface area contributed by atoms with Gasteiger partial charge in [-0.05, 0) is 49.8 Å². The van der Waals surface area contributed by atoms with Gasteiger partial charge in [0.15, 0.2) is 0 Å². The van der Waals surface area contributed by atoms with Gasteiger partial charge in [0.25, 0.3) is 5.91 Å². The normalized spacial score (nSPS) is 26.4. The maximum atomic E-state index is 15.1. The monoisotopic (exact) mass is 797 g/mol. The van der Waals surface area contributed by atoms with Crippen LogP contribution in [0.15, 0.2) is 73.8 Å². The molecule has 1 spiro atoms. The van der Waals surface area contributed by atoms with Crippen molar-refractivity contribution >= 4 is 56.9 Å². The topological polar surface area (TPSA) is 117 Å². The van der Waals surface area contributed by atoms with Crippen molar-refractivity contribution in [2.45, 2.75) is 87.7 Å². The van der Waals surface area contributed by atoms with E-state index in [2.05, 4.69) is 29.1 Å². The fourth-order valence-corrected chi connectivity index (χ4v) is 9.52. The van der Waals surface area contributed by atoms with Gasteiger partial charge in [-0.1, -0.05) is 96.0 Å². The summed E-state index contributed by atoms with van der Waals surface area (Å²) < 4.78 is 13.1. The predicted octanol–water partition coefficient (Wildman–Crippen LogP) is 6.03. The summed E-state index contributed by atoms with van der Waals surface area (Å²) >= 11 is 10.4. The van der Waals surface area contributed by atoms with Gasteiger partial charge >= 0.3 is 5.97 Å². The number of anilines is 1. The molecule has 3 aliphatic rings. The molecule has 2 aromatic rings. The number of allylic oxidation sites excluding steroid dienone is 1. The fourth-order valence-electron chi connectivity index (χ4n) is 8.25. The van der Waals surface area contributed by atoms with Gasteiger partial charge in [-0.3, -0.25) is 19.2 Å². The lowest BCUT2D eigenvalue weighted by molar-refractivity contribution is -0.165. The number of carbonyl (C=O) groups excluding carboxylic acids is 4. The molecular weight excluding hydrogens is 750 g/mol. The number of esters is 1. The summed E-state index contributed by atoms with van der Waals surface area (Å²) in [5.41, 5.74) is 0.500. The molecule has 10 nitrogen and oxygen atoms in total. The van der Waals surface area contributed by atoms with E-state index in [1.54, 1.807) is 36.2 Å². The molecule has 3 saturated heterocycles. The van der Waals surface area contributed by atoms with Crippen molar-refractivity contribution in [3.8, 4) is 0 Å². The van der Waals surface area contributed by atoms with Crippen molar-refractivity contribution in [2.75, 3.05) is 25.1 Å². The van der Waals surface area contributed by atoms with Crippen molar-refractivity contribution in [3.05, 3.63) is 90.0 Å². The molecule has 2 aromatic carbocycles. The molecule has 0 saturated carbocycles. The highest BCUT2D eigenvalue weighted by Crippen LogP contribution is 2.61. The van der Waals surface area contributed by atoms with Gasteiger partial charge in [0.2, 0.25) is 11.8 Å². The Hall–Kier alpha value is -3.51. The molecule has 0 aliphatic carbocycles. The number of carbonyl (C=O) groups is 4. The number of ether oxygens (including phenoxy) is 2. The molecule has 3 aliphatic heterocycles. The van der Waals surface area contributed by atoms with Crippen molar-refractivity contribution in [1.29, 1.82) is 0 Å². The van der Waals surface area contributed by atoms with Gasteiger partial charge in [-0.15, -0.1) is 13.2 Å². The van der Waals surface area contributed by atoms with Gasteiger partial charge < -0.3 is 29.3 Å². The number of aryl methyl sites for hydroxylation is 1. The van der Waals surface area contributed by atoms with Gasteiger partial charge in [0.05, 0.1) is 47.3 Å². The van der Waals surface area contributed by atoms with Crippen molar-refractivity contribution in [1.82, 2.24) is 9.80 Å². The van der Waals surface area contributed by atoms with Gasteiger partial charge in [-0.25, -0.2) is 0 Å². The first-order valence-electron chi connectivity index (χ1n) is 17.8. The van der Waals surface area contributed by atoms with E-state index >= 15 is 4.79 Å². The van der Waals surface area contributed by atoms with Crippen molar-refractivity contribution in [2.24, 2.45) is 17.8 Å². The summed E-state index contributed by atoms with van der Waals surface area (Å²) in [5.74, 6) is -4.08. The van der Waals surface area contributed by atoms with Crippen LogP contribution in [0.25, 0.3) is 0 Å². The van der Waals surface area contributed by atoms with Crippen LogP contribution < -0.4 is 4.90 Å². The Morgan fingerprint density at radius 3 is 2.42 bits per heavy atom. The minimum absolute atomic E-state index is 0.0937. The molecule has 280 valence electrons. The molecule has 9 atom stereocenters. The number of amides is 3. The Balaban J connectivity index is 1.58. The van der Waals surface area contributed by atoms with E-state index in [4.69, 9.17) is 21.1 Å². The zero-order chi connectivity index (χ0) is 38.1. The highest BCUT2D eigenvalue weighted by molar-refractivity contribution is 9.09. The van der Waals surface area contributed by atoms with Gasteiger partial charge in [-0.2, -0.15) is 0 Å². The van der Waals surface area contributed by atoms with E-state index in [1.807, 2.05) is 64.1 Å². The van der Waals surface area contributed by atoms with Crippen molar-refractivity contribution in [3.63, 3.8) is 0 Å². The lowest BCUT2D eigenvalue weighted by Gasteiger charge is -2.40. The number of hydrogen-bond acceptors (Lipinski definition) is 7. The van der Waals surface area contributed by atoms with E-state index in [0.29, 0.717) is 22.7 Å². The number of aliphatic hydroxyl groups is 1. The van der Waals surface area contributed by atoms with E-state index in [1.165, 1.54) is 9.80 Å². The second-order valence-corrected chi connectivity index (χ2v) is 16.0. The average Bonchev–Trinajstić information content (AvgIpc) is 3.71. The van der Waals surface area contributed by atoms with Crippen LogP contribution in [0.4, 0.5) is 5.69 Å². The van der Waals surface area contributed by atoms with Crippen LogP contribution >= 0.6 is 27.5 Å². The Labute approximate surface area is 319 Å². The number of para-hydroxylation sites is 1. The number of aliphatic hydroxyl groups excluding tert-OH is 1. The number of hydrogen-bond donors (Lipinski definition) is 1. The lowest BCUT2D eigenvalue weighted by Crippen LogP contribution is -2.60. The maximum Gasteiger partial charge on any atom is 0.313 e. The van der Waals surface area contributed by atoms with Crippen LogP contribution in [0.1, 0.15) is 57.3 Å². The highest BCUT2D eigenvalue weighted by Gasteiger charge is 2.78. The summed E-state index contributed by atoms with van der Waals surface area (Å²) in [4.78, 5) is 61.8. The Morgan fingerprint density at radius 1 is 1.13 bits per heavy atom. The Morgan fingerprint density at radius 2 is 1.83 bits per heavy atom. The molecule has 0 aromatic heterocycles. The molecule has 3 amide bonds. The van der Waals surface area contributed by atoms with Crippen molar-refractivity contribution < 1.29 is 33.8 Å². The third-order valence-corrected chi connectivity index (χ3v) is 12.1. The van der Waals surface area contributed by atoms with E-state index < -0.39 is 72.2 Å². The summed E-state index contributed by atoms with van der Waals surface area (Å²) in [6.45, 7) is 14.7. The second kappa shape index (κ2) is 16.2. The zero-order valence-corrected chi connectivity index (χ0v) is 32.8. The van der Waals surface area contributed by atoms with Crippen LogP contribution in [-0.2, 0) is 28.7 Å². The van der Waals surface area contributed by atoms with Crippen LogP contribution in [-0.4, -0.2) is 93.5 Å². The number of rotatable bonds is 15. The molecule has 1 N–H and O–H groups in total. The standard InChI is InChI=1S/C40H49BrClN3O7/c1-8-10-19-30(47)43(7)25(6)34(26-16-12-11-13-17-26)51-39(50)31-32-37(48)45(29(22-46)23(3)4)36(40(32)21-27(41)35(31)52-40)38(49)44(20-9-2)33-24(5)15-14-18-28(33)42/h8-9,11-18,23,25,27,29,31-32,34-36,46H,1-2,10,19-22H2,3-7H3/t25-,27?,29+,31-,32+,34+,35-,36-,40+/m1/s1. The zero-order valence-electron chi connectivity index (χ0n) is 30.4. The second-order valence-electron chi connectivity index (χ2n) is 14.4. The quantitative estimate of drug-likeness (QED) is 0.133. The number of alkyl halides is 1. The molecule has 3 heterocycles. The van der Waals surface area contributed by atoms with E-state index in [0.717, 1.165) is 5.56 Å². The van der Waals surface area contributed by atoms with Gasteiger partial charge in [0, 0.05) is 24.8 Å². The Kier molecular flexibility index (Phi) is 12.4. The third-order valence-electron chi connectivity index (χ3n) is 11.0. The number of likely N-dealkylation sites (tertiary alicyclic amines) is 1. The minimum atomic E-state index is -1.42. The predicted molar refractivity (Wildman–Crippen MR) is 204 cm³/mol. The number of nitrogens with zero attached hydrogens (tertiary/aromatic N) is 3. The first kappa shape index (κ1) is 39.7. The van der Waals surface area contributed by atoms with E-state index in [9.17, 15) is 19.5 Å². The average molecular weight is 799 g/mol. The smallest absolute Gasteiger partial charge is 0.313 e. The first-order valence-corrected chi connectivity index (χ1v) is 19.1. The molecule has 3 fully saturated rings. The molecule has 0 radical (unpaired) electrons. The van der Waals surface area contributed by atoms with Crippen LogP contribution in [0.2, 0.25) is 5.02 Å². The number of benzene rings is 2. The van der Waals surface area contributed by atoms with Crippen LogP contribution in [0.3, 0.4) is 0 Å². The summed E-state index contributed by atoms with van der Waals surface area (Å²) in [6.07, 6.45) is 2.65. The number of halogens is 2. The molecule has 1 unspecified atom stereocenters. The molecular formula is C40H49BrClN3O7. The molecule has 5 rings (SSSR count). The lowest BCUT2D eigenvalue weighted by atomic mass is 9.70. The summed E-state index contributed by atoms with van der Waals surface area (Å²) in [7, 11) is 1.68. The first-order chi connectivity index (χ1) is 24.7.